The van der Waals surface area contributed by atoms with Gasteiger partial charge in [-0.15, -0.1) is 0 Å². The molecule has 106 valence electrons. The van der Waals surface area contributed by atoms with Crippen molar-refractivity contribution in [3.8, 4) is 0 Å². The largest absolute Gasteiger partial charge is 0.328 e. The van der Waals surface area contributed by atoms with Crippen LogP contribution in [0.5, 0.6) is 0 Å². The molecule has 3 nitrogen and oxygen atoms in total. The number of aryl methyl sites for hydroxylation is 1. The molecule has 0 bridgehead atoms. The van der Waals surface area contributed by atoms with Crippen molar-refractivity contribution < 1.29 is 4.79 Å². The van der Waals surface area contributed by atoms with E-state index in [1.807, 2.05) is 30.3 Å². The van der Waals surface area contributed by atoms with Gasteiger partial charge in [0.25, 0.3) is 0 Å². The summed E-state index contributed by atoms with van der Waals surface area (Å²) in [5, 5.41) is 0.484. The molecule has 3 rings (SSSR count). The summed E-state index contributed by atoms with van der Waals surface area (Å²) in [5.74, 6) is 0.998. The van der Waals surface area contributed by atoms with E-state index in [-0.39, 0.29) is 0 Å². The van der Waals surface area contributed by atoms with Crippen LogP contribution in [0.1, 0.15) is 28.7 Å². The van der Waals surface area contributed by atoms with E-state index in [0.717, 1.165) is 35.3 Å². The number of aldehydes is 1. The van der Waals surface area contributed by atoms with Crippen LogP contribution in [-0.4, -0.2) is 15.8 Å². The second-order valence-corrected chi connectivity index (χ2v) is 5.32. The van der Waals surface area contributed by atoms with Gasteiger partial charge in [0.05, 0.1) is 16.1 Å². The third kappa shape index (κ3) is 2.57. The van der Waals surface area contributed by atoms with Crippen molar-refractivity contribution in [1.82, 2.24) is 9.55 Å². The van der Waals surface area contributed by atoms with E-state index in [4.69, 9.17) is 16.6 Å². The van der Waals surface area contributed by atoms with Crippen molar-refractivity contribution in [1.29, 1.82) is 0 Å². The zero-order valence-corrected chi connectivity index (χ0v) is 12.5. The van der Waals surface area contributed by atoms with Gasteiger partial charge < -0.3 is 4.57 Å². The summed E-state index contributed by atoms with van der Waals surface area (Å²) < 4.78 is 2.20. The summed E-state index contributed by atoms with van der Waals surface area (Å²) in [7, 11) is 0. The second-order valence-electron chi connectivity index (χ2n) is 4.91. The minimum absolute atomic E-state index is 0.484. The average Bonchev–Trinajstić information content (AvgIpc) is 2.86. The average molecular weight is 299 g/mol. The molecule has 0 aliphatic rings. The number of carbonyl (C=O) groups is 1. The SMILES string of the molecule is CCn1c(Cc2ccc(Cl)c(C=O)c2)nc2ccccc21. The number of benzene rings is 2. The Morgan fingerprint density at radius 2 is 2.05 bits per heavy atom. The van der Waals surface area contributed by atoms with Crippen molar-refractivity contribution in [2.45, 2.75) is 19.9 Å². The number of hydrogen-bond acceptors (Lipinski definition) is 2. The molecule has 0 aliphatic carbocycles. The zero-order valence-electron chi connectivity index (χ0n) is 11.7. The lowest BCUT2D eigenvalue weighted by atomic mass is 10.1. The summed E-state index contributed by atoms with van der Waals surface area (Å²) in [6.07, 6.45) is 1.47. The molecule has 1 heterocycles. The minimum atomic E-state index is 0.484. The fourth-order valence-electron chi connectivity index (χ4n) is 2.59. The molecule has 0 radical (unpaired) electrons. The van der Waals surface area contributed by atoms with E-state index < -0.39 is 0 Å². The Balaban J connectivity index is 2.03. The van der Waals surface area contributed by atoms with Gasteiger partial charge in [0, 0.05) is 18.5 Å². The highest BCUT2D eigenvalue weighted by Crippen LogP contribution is 2.21. The summed E-state index contributed by atoms with van der Waals surface area (Å²) in [5.41, 5.74) is 3.69. The van der Waals surface area contributed by atoms with Gasteiger partial charge in [-0.05, 0) is 36.8 Å². The van der Waals surface area contributed by atoms with Crippen LogP contribution < -0.4 is 0 Å². The van der Waals surface area contributed by atoms with E-state index in [1.165, 1.54) is 0 Å². The van der Waals surface area contributed by atoms with Gasteiger partial charge in [-0.3, -0.25) is 4.79 Å². The van der Waals surface area contributed by atoms with Crippen LogP contribution in [0.25, 0.3) is 11.0 Å². The van der Waals surface area contributed by atoms with E-state index in [2.05, 4.69) is 17.6 Å². The molecular formula is C17H15ClN2O. The molecule has 3 aromatic rings. The van der Waals surface area contributed by atoms with Crippen LogP contribution in [0.4, 0.5) is 0 Å². The number of aromatic nitrogens is 2. The van der Waals surface area contributed by atoms with Crippen molar-refractivity contribution in [3.05, 3.63) is 64.4 Å². The number of rotatable bonds is 4. The second kappa shape index (κ2) is 5.70. The number of hydrogen-bond donors (Lipinski definition) is 0. The maximum Gasteiger partial charge on any atom is 0.151 e. The van der Waals surface area contributed by atoms with Crippen LogP contribution in [0.2, 0.25) is 5.02 Å². The van der Waals surface area contributed by atoms with E-state index in [1.54, 1.807) is 6.07 Å². The molecule has 0 atom stereocenters. The number of halogens is 1. The van der Waals surface area contributed by atoms with Crippen LogP contribution in [0.15, 0.2) is 42.5 Å². The zero-order chi connectivity index (χ0) is 14.8. The van der Waals surface area contributed by atoms with Gasteiger partial charge in [-0.1, -0.05) is 29.8 Å². The maximum atomic E-state index is 11.0. The van der Waals surface area contributed by atoms with Crippen molar-refractivity contribution in [2.75, 3.05) is 0 Å². The van der Waals surface area contributed by atoms with Gasteiger partial charge in [0.1, 0.15) is 5.82 Å². The predicted molar refractivity (Wildman–Crippen MR) is 85.1 cm³/mol. The normalized spacial score (nSPS) is 11.0. The minimum Gasteiger partial charge on any atom is -0.328 e. The Bertz CT molecular complexity index is 808. The smallest absolute Gasteiger partial charge is 0.151 e. The van der Waals surface area contributed by atoms with E-state index in [0.29, 0.717) is 17.0 Å². The first-order valence-electron chi connectivity index (χ1n) is 6.90. The van der Waals surface area contributed by atoms with Crippen molar-refractivity contribution >= 4 is 28.9 Å². The molecule has 0 aliphatic heterocycles. The van der Waals surface area contributed by atoms with E-state index >= 15 is 0 Å². The van der Waals surface area contributed by atoms with Crippen molar-refractivity contribution in [2.24, 2.45) is 0 Å². The molecule has 0 saturated carbocycles. The maximum absolute atomic E-state index is 11.0. The summed E-state index contributed by atoms with van der Waals surface area (Å²) >= 11 is 5.97. The molecule has 21 heavy (non-hydrogen) atoms. The third-order valence-corrected chi connectivity index (χ3v) is 3.94. The van der Waals surface area contributed by atoms with Crippen LogP contribution in [0.3, 0.4) is 0 Å². The molecule has 0 amide bonds. The molecule has 0 fully saturated rings. The highest BCUT2D eigenvalue weighted by atomic mass is 35.5. The van der Waals surface area contributed by atoms with Crippen molar-refractivity contribution in [3.63, 3.8) is 0 Å². The molecular weight excluding hydrogens is 284 g/mol. The number of para-hydroxylation sites is 2. The Morgan fingerprint density at radius 1 is 1.24 bits per heavy atom. The lowest BCUT2D eigenvalue weighted by molar-refractivity contribution is 0.112. The Labute approximate surface area is 128 Å². The number of nitrogens with zero attached hydrogens (tertiary/aromatic N) is 2. The molecule has 2 aromatic carbocycles. The third-order valence-electron chi connectivity index (χ3n) is 3.60. The van der Waals surface area contributed by atoms with Gasteiger partial charge in [-0.25, -0.2) is 4.98 Å². The molecule has 0 N–H and O–H groups in total. The topological polar surface area (TPSA) is 34.9 Å². The lowest BCUT2D eigenvalue weighted by Gasteiger charge is -2.07. The molecule has 1 aromatic heterocycles. The fourth-order valence-corrected chi connectivity index (χ4v) is 2.75. The highest BCUT2D eigenvalue weighted by Gasteiger charge is 2.10. The summed E-state index contributed by atoms with van der Waals surface area (Å²) in [4.78, 5) is 15.7. The first kappa shape index (κ1) is 13.8. The van der Waals surface area contributed by atoms with Crippen LogP contribution >= 0.6 is 11.6 Å². The molecule has 0 saturated heterocycles. The van der Waals surface area contributed by atoms with Crippen LogP contribution in [0, 0.1) is 0 Å². The number of carbonyl (C=O) groups excluding carboxylic acids is 1. The van der Waals surface area contributed by atoms with Gasteiger partial charge in [-0.2, -0.15) is 0 Å². The monoisotopic (exact) mass is 298 g/mol. The van der Waals surface area contributed by atoms with Crippen LogP contribution in [-0.2, 0) is 13.0 Å². The summed E-state index contributed by atoms with van der Waals surface area (Å²) in [6, 6.07) is 13.6. The standard InChI is InChI=1S/C17H15ClN2O/c1-2-20-16-6-4-3-5-15(16)19-17(20)10-12-7-8-14(18)13(9-12)11-21/h3-9,11H,2,10H2,1H3. The van der Waals surface area contributed by atoms with Gasteiger partial charge in [0.15, 0.2) is 6.29 Å². The Hall–Kier alpha value is -2.13. The lowest BCUT2D eigenvalue weighted by Crippen LogP contribution is -2.03. The molecule has 0 unspecified atom stereocenters. The van der Waals surface area contributed by atoms with Gasteiger partial charge >= 0.3 is 0 Å². The summed E-state index contributed by atoms with van der Waals surface area (Å²) in [6.45, 7) is 2.97. The molecule has 4 heteroatoms. The fraction of sp³-hybridized carbons (Fsp3) is 0.176. The quantitative estimate of drug-likeness (QED) is 0.679. The molecule has 0 spiro atoms. The van der Waals surface area contributed by atoms with Gasteiger partial charge in [0.2, 0.25) is 0 Å². The van der Waals surface area contributed by atoms with E-state index in [9.17, 15) is 4.79 Å². The highest BCUT2D eigenvalue weighted by molar-refractivity contribution is 6.32. The number of fused-ring (bicyclic) bond motifs is 1. The first-order chi connectivity index (χ1) is 10.2. The first-order valence-corrected chi connectivity index (χ1v) is 7.28. The Kier molecular flexibility index (Phi) is 3.76. The predicted octanol–water partition coefficient (Wildman–Crippen LogP) is 4.11. The number of imidazole rings is 1. The Morgan fingerprint density at radius 3 is 2.81 bits per heavy atom.